The van der Waals surface area contributed by atoms with Crippen LogP contribution in [0.25, 0.3) is 0 Å². The van der Waals surface area contributed by atoms with Gasteiger partial charge in [-0.3, -0.25) is 4.79 Å². The number of ether oxygens (including phenoxy) is 1. The van der Waals surface area contributed by atoms with Crippen molar-refractivity contribution in [1.82, 2.24) is 0 Å². The van der Waals surface area contributed by atoms with Crippen molar-refractivity contribution in [2.75, 3.05) is 7.11 Å². The molecule has 0 saturated carbocycles. The summed E-state index contributed by atoms with van der Waals surface area (Å²) in [4.78, 5) is 11.6. The van der Waals surface area contributed by atoms with E-state index in [1.165, 1.54) is 25.3 Å². The van der Waals surface area contributed by atoms with E-state index in [1.807, 2.05) is 13.0 Å². The van der Waals surface area contributed by atoms with Gasteiger partial charge in [0.2, 0.25) is 0 Å². The second-order valence-corrected chi connectivity index (χ2v) is 4.54. The molecular weight excluding hydrogens is 259 g/mol. The summed E-state index contributed by atoms with van der Waals surface area (Å²) < 4.78 is 19.1. The third-order valence-corrected chi connectivity index (χ3v) is 3.16. The second kappa shape index (κ2) is 5.74. The first-order valence-corrected chi connectivity index (χ1v) is 6.16. The first-order valence-electron chi connectivity index (χ1n) is 6.16. The molecule has 2 rings (SSSR count). The number of carboxylic acid groups (broad SMARTS) is 1. The minimum atomic E-state index is -1.11. The van der Waals surface area contributed by atoms with Crippen LogP contribution in [0.3, 0.4) is 0 Å². The summed E-state index contributed by atoms with van der Waals surface area (Å²) >= 11 is 0. The van der Waals surface area contributed by atoms with Crippen LogP contribution in [0.2, 0.25) is 0 Å². The van der Waals surface area contributed by atoms with Crippen LogP contribution in [0.5, 0.6) is 5.75 Å². The molecule has 0 aliphatic heterocycles. The number of carbonyl (C=O) groups is 1. The first kappa shape index (κ1) is 14.1. The van der Waals surface area contributed by atoms with Crippen LogP contribution in [-0.4, -0.2) is 18.2 Å². The van der Waals surface area contributed by atoms with Gasteiger partial charge in [-0.15, -0.1) is 0 Å². The molecule has 0 fully saturated rings. The van der Waals surface area contributed by atoms with Gasteiger partial charge < -0.3 is 9.84 Å². The maximum Gasteiger partial charge on any atom is 0.315 e. The first-order chi connectivity index (χ1) is 9.54. The minimum Gasteiger partial charge on any atom is -0.496 e. The molecule has 104 valence electrons. The molecule has 0 bridgehead atoms. The Hall–Kier alpha value is -2.36. The quantitative estimate of drug-likeness (QED) is 0.930. The third kappa shape index (κ3) is 2.64. The van der Waals surface area contributed by atoms with Crippen molar-refractivity contribution < 1.29 is 19.0 Å². The van der Waals surface area contributed by atoms with E-state index >= 15 is 0 Å². The Balaban J connectivity index is 2.64. The molecule has 20 heavy (non-hydrogen) atoms. The van der Waals surface area contributed by atoms with E-state index < -0.39 is 17.7 Å². The highest BCUT2D eigenvalue weighted by Crippen LogP contribution is 2.34. The molecule has 4 heteroatoms. The van der Waals surface area contributed by atoms with Gasteiger partial charge in [0, 0.05) is 11.1 Å². The molecule has 2 aromatic carbocycles. The molecule has 0 heterocycles. The molecule has 3 nitrogen and oxygen atoms in total. The number of hydrogen-bond acceptors (Lipinski definition) is 2. The number of methoxy groups -OCH3 is 1. The summed E-state index contributed by atoms with van der Waals surface area (Å²) in [5.41, 5.74) is 1.47. The van der Waals surface area contributed by atoms with Crippen LogP contribution >= 0.6 is 0 Å². The zero-order valence-electron chi connectivity index (χ0n) is 11.3. The fraction of sp³-hybridized carbons (Fsp3) is 0.188. The fourth-order valence-corrected chi connectivity index (χ4v) is 2.22. The molecule has 0 aliphatic carbocycles. The molecule has 1 unspecified atom stereocenters. The van der Waals surface area contributed by atoms with Crippen molar-refractivity contribution in [2.45, 2.75) is 12.8 Å². The van der Waals surface area contributed by atoms with Crippen molar-refractivity contribution in [3.8, 4) is 5.75 Å². The molecule has 0 radical (unpaired) electrons. The van der Waals surface area contributed by atoms with E-state index in [-0.39, 0.29) is 5.56 Å². The maximum absolute atomic E-state index is 13.9. The van der Waals surface area contributed by atoms with E-state index in [9.17, 15) is 14.3 Å². The lowest BCUT2D eigenvalue weighted by Gasteiger charge is -2.17. The highest BCUT2D eigenvalue weighted by Gasteiger charge is 2.27. The Morgan fingerprint density at radius 1 is 1.20 bits per heavy atom. The molecule has 1 atom stereocenters. The van der Waals surface area contributed by atoms with Crippen molar-refractivity contribution in [3.63, 3.8) is 0 Å². The van der Waals surface area contributed by atoms with Crippen LogP contribution < -0.4 is 4.74 Å². The molecular formula is C16H15FO3. The van der Waals surface area contributed by atoms with E-state index in [0.717, 1.165) is 5.56 Å². The van der Waals surface area contributed by atoms with Gasteiger partial charge in [-0.2, -0.15) is 0 Å². The summed E-state index contributed by atoms with van der Waals surface area (Å²) in [6.45, 7) is 1.85. The third-order valence-electron chi connectivity index (χ3n) is 3.16. The highest BCUT2D eigenvalue weighted by atomic mass is 19.1. The van der Waals surface area contributed by atoms with Gasteiger partial charge >= 0.3 is 5.97 Å². The van der Waals surface area contributed by atoms with Crippen molar-refractivity contribution in [3.05, 3.63) is 65.0 Å². The van der Waals surface area contributed by atoms with Gasteiger partial charge in [0.25, 0.3) is 0 Å². The lowest BCUT2D eigenvalue weighted by Crippen LogP contribution is -2.15. The van der Waals surface area contributed by atoms with E-state index in [0.29, 0.717) is 11.3 Å². The number of aliphatic carboxylic acids is 1. The van der Waals surface area contributed by atoms with Gasteiger partial charge in [0.05, 0.1) is 7.11 Å². The van der Waals surface area contributed by atoms with Crippen LogP contribution in [0.4, 0.5) is 4.39 Å². The average Bonchev–Trinajstić information content (AvgIpc) is 2.41. The van der Waals surface area contributed by atoms with Crippen LogP contribution in [-0.2, 0) is 4.79 Å². The number of halogens is 1. The van der Waals surface area contributed by atoms with E-state index in [2.05, 4.69) is 0 Å². The molecule has 0 spiro atoms. The molecule has 2 aromatic rings. The van der Waals surface area contributed by atoms with Crippen LogP contribution in [0.15, 0.2) is 42.5 Å². The SMILES string of the molecule is COc1ccc(C)cc1C(C(=O)O)c1ccccc1F. The lowest BCUT2D eigenvalue weighted by molar-refractivity contribution is -0.137. The Kier molecular flexibility index (Phi) is 4.03. The predicted octanol–water partition coefficient (Wildman–Crippen LogP) is 3.36. The molecule has 0 aromatic heterocycles. The average molecular weight is 274 g/mol. The largest absolute Gasteiger partial charge is 0.496 e. The highest BCUT2D eigenvalue weighted by molar-refractivity contribution is 5.81. The summed E-state index contributed by atoms with van der Waals surface area (Å²) in [5, 5.41) is 9.49. The fourth-order valence-electron chi connectivity index (χ4n) is 2.22. The van der Waals surface area contributed by atoms with E-state index in [1.54, 1.807) is 18.2 Å². The Labute approximate surface area is 116 Å². The lowest BCUT2D eigenvalue weighted by atomic mass is 9.89. The minimum absolute atomic E-state index is 0.129. The molecule has 0 saturated heterocycles. The number of rotatable bonds is 4. The zero-order valence-corrected chi connectivity index (χ0v) is 11.3. The smallest absolute Gasteiger partial charge is 0.315 e. The second-order valence-electron chi connectivity index (χ2n) is 4.54. The standard InChI is InChI=1S/C16H15FO3/c1-10-7-8-14(20-2)12(9-10)15(16(18)19)11-5-3-4-6-13(11)17/h3-9,15H,1-2H3,(H,18,19). The number of aryl methyl sites for hydroxylation is 1. The summed E-state index contributed by atoms with van der Waals surface area (Å²) in [6, 6.07) is 11.1. The summed E-state index contributed by atoms with van der Waals surface area (Å²) in [7, 11) is 1.47. The molecule has 0 aliphatic rings. The number of hydrogen-bond donors (Lipinski definition) is 1. The molecule has 0 amide bonds. The summed E-state index contributed by atoms with van der Waals surface area (Å²) in [5.74, 6) is -2.31. The van der Waals surface area contributed by atoms with Crippen molar-refractivity contribution in [1.29, 1.82) is 0 Å². The monoisotopic (exact) mass is 274 g/mol. The Bertz CT molecular complexity index is 637. The zero-order chi connectivity index (χ0) is 14.7. The van der Waals surface area contributed by atoms with Gasteiger partial charge in [-0.25, -0.2) is 4.39 Å². The topological polar surface area (TPSA) is 46.5 Å². The number of benzene rings is 2. The van der Waals surface area contributed by atoms with Crippen molar-refractivity contribution >= 4 is 5.97 Å². The van der Waals surface area contributed by atoms with Gasteiger partial charge in [-0.05, 0) is 19.1 Å². The maximum atomic E-state index is 13.9. The number of carboxylic acids is 1. The predicted molar refractivity (Wildman–Crippen MR) is 73.6 cm³/mol. The Morgan fingerprint density at radius 3 is 2.50 bits per heavy atom. The van der Waals surface area contributed by atoms with Crippen molar-refractivity contribution in [2.24, 2.45) is 0 Å². The van der Waals surface area contributed by atoms with Gasteiger partial charge in [-0.1, -0.05) is 35.9 Å². The van der Waals surface area contributed by atoms with Crippen LogP contribution in [0, 0.1) is 12.7 Å². The Morgan fingerprint density at radius 2 is 1.90 bits per heavy atom. The molecule has 1 N–H and O–H groups in total. The van der Waals surface area contributed by atoms with E-state index in [4.69, 9.17) is 4.74 Å². The van der Waals surface area contributed by atoms with Crippen LogP contribution in [0.1, 0.15) is 22.6 Å². The normalized spacial score (nSPS) is 11.9. The summed E-state index contributed by atoms with van der Waals surface area (Å²) in [6.07, 6.45) is 0. The van der Waals surface area contributed by atoms with Gasteiger partial charge in [0.15, 0.2) is 0 Å². The van der Waals surface area contributed by atoms with Gasteiger partial charge in [0.1, 0.15) is 17.5 Å².